The van der Waals surface area contributed by atoms with Gasteiger partial charge in [-0.3, -0.25) is 10.1 Å². The van der Waals surface area contributed by atoms with Crippen LogP contribution in [0.15, 0.2) is 71.6 Å². The smallest absolute Gasteiger partial charge is 0.237 e. The molecule has 6 nitrogen and oxygen atoms in total. The lowest BCUT2D eigenvalue weighted by molar-refractivity contribution is -0.123. The first kappa shape index (κ1) is 28.0. The van der Waals surface area contributed by atoms with Gasteiger partial charge in [0, 0.05) is 17.9 Å². The highest BCUT2D eigenvalue weighted by molar-refractivity contribution is 7.90. The molecule has 2 N–H and O–H groups in total. The Morgan fingerprint density at radius 2 is 1.57 bits per heavy atom. The van der Waals surface area contributed by atoms with Gasteiger partial charge >= 0.3 is 0 Å². The number of hydrogen-bond donors (Lipinski definition) is 2. The number of carbonyl (C=O) groups excluding carboxylic acids is 1. The van der Waals surface area contributed by atoms with Crippen LogP contribution in [0.3, 0.4) is 0 Å². The molecule has 0 aliphatic heterocycles. The lowest BCUT2D eigenvalue weighted by Crippen LogP contribution is -2.46. The van der Waals surface area contributed by atoms with Crippen LogP contribution in [0.1, 0.15) is 37.4 Å². The van der Waals surface area contributed by atoms with Crippen molar-refractivity contribution < 1.29 is 22.0 Å². The van der Waals surface area contributed by atoms with Crippen molar-refractivity contribution in [1.82, 2.24) is 10.6 Å². The van der Waals surface area contributed by atoms with Crippen LogP contribution in [0.5, 0.6) is 0 Å². The van der Waals surface area contributed by atoms with E-state index in [4.69, 9.17) is 5.26 Å². The second-order valence-corrected chi connectivity index (χ2v) is 11.3. The lowest BCUT2D eigenvalue weighted by atomic mass is 9.93. The number of sulfone groups is 1. The largest absolute Gasteiger partial charge is 0.342 e. The summed E-state index contributed by atoms with van der Waals surface area (Å²) in [5.41, 5.74) is 2.43. The zero-order chi connectivity index (χ0) is 27.2. The summed E-state index contributed by atoms with van der Waals surface area (Å²) in [7, 11) is -3.31. The summed E-state index contributed by atoms with van der Waals surface area (Å²) in [6.07, 6.45) is 1.58. The summed E-state index contributed by atoms with van der Waals surface area (Å²) in [6, 6.07) is 17.3. The fourth-order valence-corrected chi connectivity index (χ4v) is 4.67. The lowest BCUT2D eigenvalue weighted by Gasteiger charge is -2.27. The van der Waals surface area contributed by atoms with Gasteiger partial charge in [-0.25, -0.2) is 17.2 Å². The minimum atomic E-state index is -3.31. The minimum absolute atomic E-state index is 0.126. The van der Waals surface area contributed by atoms with Gasteiger partial charge in [0.15, 0.2) is 9.84 Å². The summed E-state index contributed by atoms with van der Waals surface area (Å²) < 4.78 is 52.1. The molecule has 9 heteroatoms. The fraction of sp³-hybridized carbons (Fsp3) is 0.286. The second kappa shape index (κ2) is 12.1. The average Bonchev–Trinajstić information content (AvgIpc) is 2.85. The van der Waals surface area contributed by atoms with Crippen molar-refractivity contribution in [3.8, 4) is 17.2 Å². The Morgan fingerprint density at radius 1 is 0.973 bits per heavy atom. The molecule has 1 unspecified atom stereocenters. The highest BCUT2D eigenvalue weighted by Crippen LogP contribution is 2.29. The van der Waals surface area contributed by atoms with Crippen molar-refractivity contribution in [1.29, 1.82) is 5.26 Å². The molecule has 2 atom stereocenters. The van der Waals surface area contributed by atoms with E-state index in [0.29, 0.717) is 12.0 Å². The molecule has 1 amide bonds. The van der Waals surface area contributed by atoms with Crippen LogP contribution in [0.2, 0.25) is 0 Å². The van der Waals surface area contributed by atoms with Crippen molar-refractivity contribution in [2.75, 3.05) is 12.8 Å². The highest BCUT2D eigenvalue weighted by Gasteiger charge is 2.27. The van der Waals surface area contributed by atoms with Crippen LogP contribution in [0, 0.1) is 28.9 Å². The SMILES string of the molecule is CC(C)C[C@H](NC(c1ccc(-c2ccc(S(C)(=O)=O)cc2)cc1)c1ccc(F)cc1F)C(=O)NCC#N. The van der Waals surface area contributed by atoms with E-state index in [-0.39, 0.29) is 28.8 Å². The van der Waals surface area contributed by atoms with Crippen LogP contribution >= 0.6 is 0 Å². The predicted molar refractivity (Wildman–Crippen MR) is 138 cm³/mol. The number of nitrogens with zero attached hydrogens (tertiary/aromatic N) is 1. The molecule has 194 valence electrons. The molecule has 0 aliphatic rings. The fourth-order valence-electron chi connectivity index (χ4n) is 4.04. The van der Waals surface area contributed by atoms with Crippen LogP contribution in [-0.2, 0) is 14.6 Å². The standard InChI is InChI=1S/C28H29F2N3O3S/c1-18(2)16-26(28(34)32-15-14-31)33-27(24-13-10-22(29)17-25(24)30)21-6-4-19(5-7-21)20-8-11-23(12-9-20)37(3,35)36/h4-13,17-18,26-27,33H,15-16H2,1-3H3,(H,32,34)/t26-,27?/m0/s1. The molecule has 0 saturated heterocycles. The Balaban J connectivity index is 1.98. The summed E-state index contributed by atoms with van der Waals surface area (Å²) >= 11 is 0. The third-order valence-electron chi connectivity index (χ3n) is 5.87. The highest BCUT2D eigenvalue weighted by atomic mass is 32.2. The van der Waals surface area contributed by atoms with Gasteiger partial charge in [-0.15, -0.1) is 0 Å². The molecule has 37 heavy (non-hydrogen) atoms. The van der Waals surface area contributed by atoms with E-state index in [1.54, 1.807) is 24.3 Å². The van der Waals surface area contributed by atoms with Crippen molar-refractivity contribution in [2.24, 2.45) is 5.92 Å². The zero-order valence-corrected chi connectivity index (χ0v) is 21.6. The van der Waals surface area contributed by atoms with Gasteiger partial charge in [-0.2, -0.15) is 5.26 Å². The van der Waals surface area contributed by atoms with Gasteiger partial charge in [0.25, 0.3) is 0 Å². The number of carbonyl (C=O) groups is 1. The van der Waals surface area contributed by atoms with Gasteiger partial charge in [-0.1, -0.05) is 56.3 Å². The van der Waals surface area contributed by atoms with Gasteiger partial charge in [-0.05, 0) is 47.2 Å². The van der Waals surface area contributed by atoms with Gasteiger partial charge in [0.2, 0.25) is 5.91 Å². The van der Waals surface area contributed by atoms with Gasteiger partial charge in [0.05, 0.1) is 23.0 Å². The van der Waals surface area contributed by atoms with E-state index in [9.17, 15) is 22.0 Å². The summed E-state index contributed by atoms with van der Waals surface area (Å²) in [5.74, 6) is -1.72. The Labute approximate surface area is 216 Å². The summed E-state index contributed by atoms with van der Waals surface area (Å²) in [5, 5.41) is 14.6. The first-order valence-electron chi connectivity index (χ1n) is 11.8. The first-order valence-corrected chi connectivity index (χ1v) is 13.6. The van der Waals surface area contributed by atoms with E-state index in [1.807, 2.05) is 32.0 Å². The van der Waals surface area contributed by atoms with Crippen molar-refractivity contribution in [3.63, 3.8) is 0 Å². The molecular weight excluding hydrogens is 496 g/mol. The maximum Gasteiger partial charge on any atom is 0.237 e. The molecule has 0 radical (unpaired) electrons. The molecule has 0 heterocycles. The molecule has 0 fully saturated rings. The number of halogens is 2. The van der Waals surface area contributed by atoms with Gasteiger partial charge < -0.3 is 5.32 Å². The minimum Gasteiger partial charge on any atom is -0.342 e. The number of rotatable bonds is 10. The molecule has 3 aromatic carbocycles. The van der Waals surface area contributed by atoms with Crippen molar-refractivity contribution >= 4 is 15.7 Å². The monoisotopic (exact) mass is 525 g/mol. The molecule has 0 aromatic heterocycles. The van der Waals surface area contributed by atoms with Crippen LogP contribution in [0.4, 0.5) is 8.78 Å². The molecular formula is C28H29F2N3O3S. The van der Waals surface area contributed by atoms with E-state index in [1.165, 1.54) is 18.2 Å². The third-order valence-corrected chi connectivity index (χ3v) is 6.99. The molecule has 0 saturated carbocycles. The molecule has 0 aliphatic carbocycles. The first-order chi connectivity index (χ1) is 17.5. The van der Waals surface area contributed by atoms with Crippen molar-refractivity contribution in [2.45, 2.75) is 37.2 Å². The second-order valence-electron chi connectivity index (χ2n) is 9.24. The van der Waals surface area contributed by atoms with Crippen LogP contribution in [0.25, 0.3) is 11.1 Å². The van der Waals surface area contributed by atoms with E-state index in [2.05, 4.69) is 10.6 Å². The number of hydrogen-bond acceptors (Lipinski definition) is 5. The van der Waals surface area contributed by atoms with E-state index in [0.717, 1.165) is 29.5 Å². The molecule has 0 spiro atoms. The Kier molecular flexibility index (Phi) is 9.14. The topological polar surface area (TPSA) is 99.1 Å². The number of nitriles is 1. The molecule has 0 bridgehead atoms. The summed E-state index contributed by atoms with van der Waals surface area (Å²) in [6.45, 7) is 3.74. The zero-order valence-electron chi connectivity index (χ0n) is 20.8. The van der Waals surface area contributed by atoms with Crippen LogP contribution < -0.4 is 10.6 Å². The Bertz CT molecular complexity index is 1380. The molecule has 3 rings (SSSR count). The maximum absolute atomic E-state index is 14.9. The normalized spacial score (nSPS) is 13.1. The number of amides is 1. The Morgan fingerprint density at radius 3 is 2.08 bits per heavy atom. The average molecular weight is 526 g/mol. The molecule has 3 aromatic rings. The number of nitrogens with one attached hydrogen (secondary N) is 2. The Hall–Kier alpha value is -3.61. The quantitative estimate of drug-likeness (QED) is 0.372. The van der Waals surface area contributed by atoms with E-state index < -0.39 is 33.6 Å². The third kappa shape index (κ3) is 7.44. The van der Waals surface area contributed by atoms with E-state index >= 15 is 0 Å². The van der Waals surface area contributed by atoms with Crippen LogP contribution in [-0.4, -0.2) is 33.2 Å². The summed E-state index contributed by atoms with van der Waals surface area (Å²) in [4.78, 5) is 13.0. The number of benzene rings is 3. The van der Waals surface area contributed by atoms with Gasteiger partial charge in [0.1, 0.15) is 18.2 Å². The van der Waals surface area contributed by atoms with Crippen molar-refractivity contribution in [3.05, 3.63) is 89.5 Å². The predicted octanol–water partition coefficient (Wildman–Crippen LogP) is 4.77. The maximum atomic E-state index is 14.9.